The summed E-state index contributed by atoms with van der Waals surface area (Å²) in [4.78, 5) is 57.0. The van der Waals surface area contributed by atoms with Gasteiger partial charge >= 0.3 is 12.2 Å². The number of ketones is 1. The van der Waals surface area contributed by atoms with E-state index in [0.29, 0.717) is 50.7 Å². The second-order valence-electron chi connectivity index (χ2n) is 13.7. The summed E-state index contributed by atoms with van der Waals surface area (Å²) in [6.07, 6.45) is 0.819. The lowest BCUT2D eigenvalue weighted by molar-refractivity contribution is -0.0760. The van der Waals surface area contributed by atoms with Gasteiger partial charge in [0.05, 0.1) is 31.6 Å². The molecule has 14 heteroatoms. The number of hydroxylamine groups is 2. The van der Waals surface area contributed by atoms with Crippen LogP contribution in [0.2, 0.25) is 0 Å². The van der Waals surface area contributed by atoms with Crippen LogP contribution in [0.4, 0.5) is 9.59 Å². The first-order valence-corrected chi connectivity index (χ1v) is 17.7. The third kappa shape index (κ3) is 10.3. The van der Waals surface area contributed by atoms with E-state index in [9.17, 15) is 19.2 Å². The summed E-state index contributed by atoms with van der Waals surface area (Å²) in [5.41, 5.74) is 8.96. The number of ether oxygens (including phenoxy) is 2. The molecule has 0 saturated carbocycles. The van der Waals surface area contributed by atoms with E-state index < -0.39 is 0 Å². The first-order valence-electron chi connectivity index (χ1n) is 17.7. The number of benzene rings is 2. The maximum absolute atomic E-state index is 12.6. The van der Waals surface area contributed by atoms with Crippen LogP contribution in [0.15, 0.2) is 48.5 Å². The minimum absolute atomic E-state index is 0.0653. The Morgan fingerprint density at radius 3 is 1.47 bits per heavy atom. The van der Waals surface area contributed by atoms with Crippen molar-refractivity contribution in [2.75, 3.05) is 27.2 Å². The van der Waals surface area contributed by atoms with Gasteiger partial charge in [-0.15, -0.1) is 0 Å². The zero-order valence-corrected chi connectivity index (χ0v) is 31.7. The van der Waals surface area contributed by atoms with E-state index in [0.717, 1.165) is 62.7 Å². The van der Waals surface area contributed by atoms with Gasteiger partial charge in [-0.25, -0.2) is 14.7 Å². The molecule has 0 atom stereocenters. The third-order valence-corrected chi connectivity index (χ3v) is 8.97. The van der Waals surface area contributed by atoms with Crippen molar-refractivity contribution in [3.8, 4) is 0 Å². The molecule has 282 valence electrons. The fourth-order valence-electron chi connectivity index (χ4n) is 6.53. The van der Waals surface area contributed by atoms with Crippen molar-refractivity contribution in [3.63, 3.8) is 0 Å². The van der Waals surface area contributed by atoms with E-state index in [1.54, 1.807) is 26.6 Å². The maximum Gasteiger partial charge on any atom is 0.410 e. The van der Waals surface area contributed by atoms with Gasteiger partial charge in [0.25, 0.3) is 5.91 Å². The van der Waals surface area contributed by atoms with Gasteiger partial charge in [0.2, 0.25) is 0 Å². The van der Waals surface area contributed by atoms with Gasteiger partial charge in [-0.3, -0.25) is 23.8 Å². The largest absolute Gasteiger partial charge is 0.445 e. The van der Waals surface area contributed by atoms with Crippen LogP contribution in [0.1, 0.15) is 85.5 Å². The second kappa shape index (κ2) is 17.3. The molecule has 0 spiro atoms. The van der Waals surface area contributed by atoms with E-state index in [1.165, 1.54) is 21.1 Å². The molecule has 0 bridgehead atoms. The van der Waals surface area contributed by atoms with E-state index in [2.05, 4.69) is 22.3 Å². The summed E-state index contributed by atoms with van der Waals surface area (Å²) >= 11 is 0. The van der Waals surface area contributed by atoms with Crippen LogP contribution >= 0.6 is 0 Å². The number of amides is 3. The number of hydrogen-bond acceptors (Lipinski definition) is 9. The minimum Gasteiger partial charge on any atom is -0.445 e. The van der Waals surface area contributed by atoms with Crippen molar-refractivity contribution in [1.29, 1.82) is 0 Å². The van der Waals surface area contributed by atoms with Crippen molar-refractivity contribution < 1.29 is 33.5 Å². The van der Waals surface area contributed by atoms with Crippen LogP contribution in [0.25, 0.3) is 0 Å². The van der Waals surface area contributed by atoms with Gasteiger partial charge in [-0.1, -0.05) is 58.7 Å². The third-order valence-electron chi connectivity index (χ3n) is 8.97. The topological polar surface area (TPSA) is 141 Å². The fraction of sp³-hybridized carbons (Fsp3) is 0.436. The average molecular weight is 728 g/mol. The number of aryl methyl sites for hydroxylation is 6. The minimum atomic E-state index is -0.365. The highest BCUT2D eigenvalue weighted by atomic mass is 16.7. The Bertz CT molecular complexity index is 1930. The van der Waals surface area contributed by atoms with Crippen LogP contribution in [0, 0.1) is 27.7 Å². The normalized spacial score (nSPS) is 13.8. The monoisotopic (exact) mass is 727 g/mol. The Morgan fingerprint density at radius 1 is 0.642 bits per heavy atom. The Kier molecular flexibility index (Phi) is 12.7. The number of hydrogen-bond donors (Lipinski definition) is 0. The second-order valence-corrected chi connectivity index (χ2v) is 13.7. The number of aromatic nitrogens is 4. The molecular formula is C39H49N7O7. The van der Waals surface area contributed by atoms with Crippen molar-refractivity contribution in [3.05, 3.63) is 105 Å². The predicted molar refractivity (Wildman–Crippen MR) is 196 cm³/mol. The summed E-state index contributed by atoms with van der Waals surface area (Å²) in [7, 11) is 2.95. The quantitative estimate of drug-likeness (QED) is 0.168. The molecule has 6 rings (SSSR count). The number of Topliss-reactive ketones (excluding diaryl/α,β-unsaturated/α-hetero) is 1. The van der Waals surface area contributed by atoms with Crippen LogP contribution in [0.5, 0.6) is 0 Å². The molecule has 2 aromatic carbocycles. The van der Waals surface area contributed by atoms with E-state index in [4.69, 9.17) is 14.3 Å². The first kappa shape index (κ1) is 38.7. The Hall–Kier alpha value is -5.50. The van der Waals surface area contributed by atoms with Crippen LogP contribution in [0.3, 0.4) is 0 Å². The van der Waals surface area contributed by atoms with Crippen molar-refractivity contribution in [2.24, 2.45) is 0 Å². The molecule has 14 nitrogen and oxygen atoms in total. The molecule has 0 N–H and O–H groups in total. The van der Waals surface area contributed by atoms with Gasteiger partial charge in [0, 0.05) is 40.2 Å². The molecule has 0 radical (unpaired) electrons. The number of nitrogens with zero attached hydrogens (tertiary/aromatic N) is 7. The molecule has 53 heavy (non-hydrogen) atoms. The maximum atomic E-state index is 12.6. The predicted octanol–water partition coefficient (Wildman–Crippen LogP) is 5.92. The lowest BCUT2D eigenvalue weighted by Crippen LogP contribution is -2.31. The zero-order chi connectivity index (χ0) is 38.2. The van der Waals surface area contributed by atoms with Crippen molar-refractivity contribution in [2.45, 2.75) is 86.9 Å². The fourth-order valence-corrected chi connectivity index (χ4v) is 6.53. The molecule has 2 aliphatic rings. The van der Waals surface area contributed by atoms with Gasteiger partial charge in [0.1, 0.15) is 18.9 Å². The molecule has 3 amide bonds. The smallest absolute Gasteiger partial charge is 0.410 e. The molecule has 2 aliphatic heterocycles. The van der Waals surface area contributed by atoms with Crippen molar-refractivity contribution in [1.82, 2.24) is 34.4 Å². The molecule has 0 saturated heterocycles. The molecule has 2 aromatic heterocycles. The Labute approximate surface area is 310 Å². The summed E-state index contributed by atoms with van der Waals surface area (Å²) in [5, 5.41) is 9.78. The summed E-state index contributed by atoms with van der Waals surface area (Å²) < 4.78 is 14.6. The highest BCUT2D eigenvalue weighted by molar-refractivity contribution is 5.92. The summed E-state index contributed by atoms with van der Waals surface area (Å²) in [5.74, 6) is -0.392. The molecule has 0 fully saturated rings. The highest BCUT2D eigenvalue weighted by Crippen LogP contribution is 2.19. The number of carbonyl (C=O) groups is 4. The number of fused-ring (bicyclic) bond motifs is 2. The van der Waals surface area contributed by atoms with Crippen LogP contribution in [-0.2, 0) is 53.7 Å². The Balaban J connectivity index is 0.000000206. The van der Waals surface area contributed by atoms with E-state index in [1.807, 2.05) is 56.6 Å². The van der Waals surface area contributed by atoms with Gasteiger partial charge in [0.15, 0.2) is 11.5 Å². The van der Waals surface area contributed by atoms with E-state index >= 15 is 0 Å². The van der Waals surface area contributed by atoms with Crippen LogP contribution in [-0.4, -0.2) is 85.5 Å². The van der Waals surface area contributed by atoms with Gasteiger partial charge in [-0.05, 0) is 63.8 Å². The molecule has 4 heterocycles. The van der Waals surface area contributed by atoms with Crippen molar-refractivity contribution >= 4 is 23.9 Å². The lowest BCUT2D eigenvalue weighted by Gasteiger charge is -2.19. The standard InChI is InChI=1S/C20H26N4O4.C19H23N3O3/c1-14-8-15(2)10-16(9-14)13-28-20(26)23-6-5-7-24-17(12-23)11-18(21-24)19(25)22(3)27-4;1-13-7-14(2)9-16(8-13)12-25-19(24)21-5-4-6-22-17(11-21)10-18(20-22)15(3)23/h8-11H,5-7,12-13H2,1-4H3;7-10H,4-6,11-12H2,1-3H3. The Morgan fingerprint density at radius 2 is 1.06 bits per heavy atom. The first-order chi connectivity index (χ1) is 25.3. The van der Waals surface area contributed by atoms with Crippen LogP contribution < -0.4 is 0 Å². The molecule has 4 aromatic rings. The average Bonchev–Trinajstić information content (AvgIpc) is 3.57. The zero-order valence-electron chi connectivity index (χ0n) is 31.7. The SMILES string of the molecule is CC(=O)c1cc2n(n1)CCCN(C(=O)OCc1cc(C)cc(C)c1)C2.CON(C)C(=O)c1cc2n(n1)CCCN(C(=O)OCc1cc(C)cc(C)c1)C2. The molecule has 0 aliphatic carbocycles. The number of carbonyl (C=O) groups excluding carboxylic acids is 4. The summed E-state index contributed by atoms with van der Waals surface area (Å²) in [6.45, 7) is 13.4. The van der Waals surface area contributed by atoms with E-state index in [-0.39, 0.29) is 37.1 Å². The van der Waals surface area contributed by atoms with Gasteiger partial charge in [-0.2, -0.15) is 10.2 Å². The van der Waals surface area contributed by atoms with Gasteiger partial charge < -0.3 is 19.3 Å². The highest BCUT2D eigenvalue weighted by Gasteiger charge is 2.25. The molecular weight excluding hydrogens is 678 g/mol. The lowest BCUT2D eigenvalue weighted by atomic mass is 10.1. The summed E-state index contributed by atoms with van der Waals surface area (Å²) in [6, 6.07) is 15.7. The molecule has 0 unspecified atom stereocenters. The number of rotatable bonds is 7.